The molecule has 0 aliphatic carbocycles. The van der Waals surface area contributed by atoms with E-state index in [2.05, 4.69) is 5.28 Å². The van der Waals surface area contributed by atoms with Crippen LogP contribution in [-0.2, 0) is 0 Å². The molecule has 0 heterocycles. The molecule has 0 radical (unpaired) electrons. The predicted octanol–water partition coefficient (Wildman–Crippen LogP) is 0.748. The van der Waals surface area contributed by atoms with Gasteiger partial charge in [0.05, 0.1) is 0 Å². The molecule has 0 unspecified atom stereocenters. The summed E-state index contributed by atoms with van der Waals surface area (Å²) in [5.74, 6) is 0. The number of hydrogen-bond donors (Lipinski definition) is 1. The zero-order valence-electron chi connectivity index (χ0n) is 4.16. The Balaban J connectivity index is 3.17. The third-order valence-electron chi connectivity index (χ3n) is 0.515. The Morgan fingerprint density at radius 3 is 2.57 bits per heavy atom. The molecule has 0 aliphatic heterocycles. The Morgan fingerprint density at radius 1 is 1.86 bits per heavy atom. The van der Waals surface area contributed by atoms with Crippen LogP contribution in [0.25, 0.3) is 0 Å². The van der Waals surface area contributed by atoms with Crippen LogP contribution < -0.4 is 0 Å². The smallest absolute Gasteiger partial charge is 0.197 e. The van der Waals surface area contributed by atoms with E-state index in [0.29, 0.717) is 6.42 Å². The molecule has 0 amide bonds. The molecule has 0 aromatic carbocycles. The van der Waals surface area contributed by atoms with Gasteiger partial charge in [0.2, 0.25) is 0 Å². The van der Waals surface area contributed by atoms with Crippen LogP contribution in [0.1, 0.15) is 13.3 Å². The third kappa shape index (κ3) is 3.02. The van der Waals surface area contributed by atoms with Gasteiger partial charge in [-0.2, -0.15) is 0 Å². The van der Waals surface area contributed by atoms with Crippen molar-refractivity contribution < 1.29 is 10.1 Å². The first-order valence-electron chi connectivity index (χ1n) is 2.11. The van der Waals surface area contributed by atoms with Gasteiger partial charge in [0.25, 0.3) is 0 Å². The van der Waals surface area contributed by atoms with Crippen LogP contribution >= 0.6 is 0 Å². The number of nitrogens with zero attached hydrogens (tertiary/aromatic N) is 2. The zero-order chi connectivity index (χ0) is 5.70. The molecule has 1 N–H and O–H groups in total. The zero-order valence-corrected chi connectivity index (χ0v) is 4.16. The standard InChI is InChI=1S/C3H8N2O2/c1-2-3-5(7)4-6/h6H,2-3H2,1H3/b5-4-. The van der Waals surface area contributed by atoms with Gasteiger partial charge < -0.3 is 10.4 Å². The van der Waals surface area contributed by atoms with E-state index in [-0.39, 0.29) is 11.4 Å². The maximum Gasteiger partial charge on any atom is 0.197 e. The molecule has 4 nitrogen and oxygen atoms in total. The van der Waals surface area contributed by atoms with Gasteiger partial charge in [0.15, 0.2) is 11.8 Å². The molecule has 0 aromatic heterocycles. The minimum absolute atomic E-state index is 0.236. The van der Waals surface area contributed by atoms with Crippen molar-refractivity contribution in [1.82, 2.24) is 0 Å². The fraction of sp³-hybridized carbons (Fsp3) is 1.00. The number of hydrogen-bond acceptors (Lipinski definition) is 2. The van der Waals surface area contributed by atoms with Crippen molar-refractivity contribution in [3.63, 3.8) is 0 Å². The summed E-state index contributed by atoms with van der Waals surface area (Å²) in [7, 11) is 0. The Labute approximate surface area is 41.6 Å². The molecule has 0 aliphatic rings. The van der Waals surface area contributed by atoms with E-state index in [1.54, 1.807) is 0 Å². The average molecular weight is 104 g/mol. The molecule has 42 valence electrons. The summed E-state index contributed by atoms with van der Waals surface area (Å²) in [6, 6.07) is 0. The lowest BCUT2D eigenvalue weighted by atomic mass is 10.5. The van der Waals surface area contributed by atoms with E-state index < -0.39 is 0 Å². The molecule has 0 rings (SSSR count). The largest absolute Gasteiger partial charge is 0.597 e. The summed E-state index contributed by atoms with van der Waals surface area (Å²) in [6.45, 7) is 2.09. The van der Waals surface area contributed by atoms with Gasteiger partial charge >= 0.3 is 0 Å². The van der Waals surface area contributed by atoms with Gasteiger partial charge in [-0.05, 0) is 0 Å². The highest BCUT2D eigenvalue weighted by Gasteiger charge is 1.86. The highest BCUT2D eigenvalue weighted by atomic mass is 16.6. The molecule has 0 spiro atoms. The summed E-state index contributed by atoms with van der Waals surface area (Å²) in [6.07, 6.45) is 0.702. The fourth-order valence-corrected chi connectivity index (χ4v) is 0.236. The first-order valence-corrected chi connectivity index (χ1v) is 2.11. The van der Waals surface area contributed by atoms with E-state index in [0.717, 1.165) is 0 Å². The lowest BCUT2D eigenvalue weighted by molar-refractivity contribution is -0.555. The fourth-order valence-electron chi connectivity index (χ4n) is 0.236. The maximum atomic E-state index is 9.91. The van der Waals surface area contributed by atoms with Crippen LogP contribution in [0, 0.1) is 5.21 Å². The molecular formula is C3H8N2O2. The lowest BCUT2D eigenvalue weighted by Crippen LogP contribution is -1.99. The van der Waals surface area contributed by atoms with E-state index in [1.165, 1.54) is 0 Å². The van der Waals surface area contributed by atoms with Gasteiger partial charge in [-0.3, -0.25) is 0 Å². The van der Waals surface area contributed by atoms with Crippen LogP contribution in [0.4, 0.5) is 0 Å². The van der Waals surface area contributed by atoms with Gasteiger partial charge in [-0.1, -0.05) is 11.8 Å². The monoisotopic (exact) mass is 104 g/mol. The maximum absolute atomic E-state index is 9.91. The Kier molecular flexibility index (Phi) is 3.00. The molecule has 0 saturated heterocycles. The van der Waals surface area contributed by atoms with Gasteiger partial charge in [-0.15, -0.1) is 0 Å². The summed E-state index contributed by atoms with van der Waals surface area (Å²) in [5.41, 5.74) is 0. The Hall–Kier alpha value is -0.800. The van der Waals surface area contributed by atoms with E-state index in [9.17, 15) is 5.21 Å². The highest BCUT2D eigenvalue weighted by Crippen LogP contribution is 1.76. The SMILES string of the molecule is CCC/[N+]([O-])=N/O. The van der Waals surface area contributed by atoms with Crippen LogP contribution in [0.15, 0.2) is 5.28 Å². The van der Waals surface area contributed by atoms with Crippen molar-refractivity contribution in [1.29, 1.82) is 0 Å². The van der Waals surface area contributed by atoms with Crippen molar-refractivity contribution in [3.8, 4) is 0 Å². The molecular weight excluding hydrogens is 96.0 g/mol. The summed E-state index contributed by atoms with van der Waals surface area (Å²) in [5, 5.41) is 20.0. The average Bonchev–Trinajstić information content (AvgIpc) is 1.68. The van der Waals surface area contributed by atoms with Crippen molar-refractivity contribution >= 4 is 0 Å². The van der Waals surface area contributed by atoms with Crippen LogP contribution in [0.2, 0.25) is 0 Å². The summed E-state index contributed by atoms with van der Waals surface area (Å²) < 4.78 is 0. The Morgan fingerprint density at radius 2 is 2.43 bits per heavy atom. The van der Waals surface area contributed by atoms with Crippen LogP contribution in [-0.4, -0.2) is 16.6 Å². The summed E-state index contributed by atoms with van der Waals surface area (Å²) >= 11 is 0. The topological polar surface area (TPSA) is 58.7 Å². The normalized spacial score (nSPS) is 11.9. The van der Waals surface area contributed by atoms with Crippen molar-refractivity contribution in [2.75, 3.05) is 6.54 Å². The van der Waals surface area contributed by atoms with E-state index in [4.69, 9.17) is 5.21 Å². The third-order valence-corrected chi connectivity index (χ3v) is 0.515. The first-order chi connectivity index (χ1) is 3.31. The molecule has 0 bridgehead atoms. The van der Waals surface area contributed by atoms with Gasteiger partial charge in [0.1, 0.15) is 0 Å². The lowest BCUT2D eigenvalue weighted by Gasteiger charge is -1.90. The quantitative estimate of drug-likeness (QED) is 0.319. The van der Waals surface area contributed by atoms with Crippen molar-refractivity contribution in [3.05, 3.63) is 5.21 Å². The van der Waals surface area contributed by atoms with Crippen LogP contribution in [0.5, 0.6) is 0 Å². The van der Waals surface area contributed by atoms with Crippen LogP contribution in [0.3, 0.4) is 0 Å². The van der Waals surface area contributed by atoms with Crippen molar-refractivity contribution in [2.24, 2.45) is 5.28 Å². The molecule has 0 atom stereocenters. The van der Waals surface area contributed by atoms with E-state index >= 15 is 0 Å². The molecule has 0 saturated carbocycles. The first kappa shape index (κ1) is 6.20. The minimum Gasteiger partial charge on any atom is -0.597 e. The summed E-state index contributed by atoms with van der Waals surface area (Å²) in [4.78, 5) is 0.236. The second kappa shape index (κ2) is 3.39. The highest BCUT2D eigenvalue weighted by molar-refractivity contribution is 4.16. The second-order valence-corrected chi connectivity index (χ2v) is 1.17. The molecule has 0 fully saturated rings. The van der Waals surface area contributed by atoms with Crippen molar-refractivity contribution in [2.45, 2.75) is 13.3 Å². The number of rotatable bonds is 2. The number of hydroxylamine groups is 1. The predicted molar refractivity (Wildman–Crippen MR) is 23.0 cm³/mol. The molecule has 7 heavy (non-hydrogen) atoms. The molecule has 4 heteroatoms. The second-order valence-electron chi connectivity index (χ2n) is 1.17. The van der Waals surface area contributed by atoms with Gasteiger partial charge in [-0.25, -0.2) is 0 Å². The van der Waals surface area contributed by atoms with E-state index in [1.807, 2.05) is 6.92 Å². The molecule has 0 aromatic rings. The van der Waals surface area contributed by atoms with Gasteiger partial charge in [0, 0.05) is 6.42 Å². The Bertz CT molecular complexity index is 71.3. The minimum atomic E-state index is 0.236.